The summed E-state index contributed by atoms with van der Waals surface area (Å²) in [5, 5.41) is 0. The van der Waals surface area contributed by atoms with Gasteiger partial charge in [0.05, 0.1) is 13.5 Å². The Balaban J connectivity index is 3.33. The summed E-state index contributed by atoms with van der Waals surface area (Å²) >= 11 is 0. The minimum absolute atomic E-state index is 0.100. The summed E-state index contributed by atoms with van der Waals surface area (Å²) in [5.41, 5.74) is 0. The first-order valence-electron chi connectivity index (χ1n) is 9.03. The molecule has 0 unspecified atom stereocenters. The van der Waals surface area contributed by atoms with Crippen molar-refractivity contribution in [1.82, 2.24) is 4.90 Å². The van der Waals surface area contributed by atoms with Crippen LogP contribution in [-0.4, -0.2) is 37.6 Å². The Morgan fingerprint density at radius 2 is 1.33 bits per heavy atom. The van der Waals surface area contributed by atoms with E-state index < -0.39 is 0 Å². The van der Waals surface area contributed by atoms with Crippen molar-refractivity contribution in [2.24, 2.45) is 0 Å². The molecule has 126 valence electrons. The minimum Gasteiger partial charge on any atom is -0.469 e. The largest absolute Gasteiger partial charge is 0.469 e. The van der Waals surface area contributed by atoms with E-state index in [1.54, 1.807) is 0 Å². The van der Waals surface area contributed by atoms with Crippen molar-refractivity contribution in [2.75, 3.05) is 26.7 Å². The first-order valence-corrected chi connectivity index (χ1v) is 9.03. The van der Waals surface area contributed by atoms with Gasteiger partial charge in [-0.25, -0.2) is 0 Å². The van der Waals surface area contributed by atoms with Gasteiger partial charge in [0.15, 0.2) is 0 Å². The summed E-state index contributed by atoms with van der Waals surface area (Å²) in [7, 11) is 1.46. The van der Waals surface area contributed by atoms with Crippen LogP contribution in [-0.2, 0) is 9.53 Å². The Hall–Kier alpha value is -0.570. The third-order valence-corrected chi connectivity index (χ3v) is 4.13. The number of rotatable bonds is 15. The van der Waals surface area contributed by atoms with E-state index in [1.165, 1.54) is 71.3 Å². The number of unbranched alkanes of at least 4 members (excludes halogenated alkanes) is 9. The van der Waals surface area contributed by atoms with Gasteiger partial charge < -0.3 is 9.64 Å². The van der Waals surface area contributed by atoms with Gasteiger partial charge in [0.2, 0.25) is 0 Å². The first-order chi connectivity index (χ1) is 10.2. The molecular weight excluding hydrogens is 262 g/mol. The van der Waals surface area contributed by atoms with Gasteiger partial charge in [-0.3, -0.25) is 4.79 Å². The van der Waals surface area contributed by atoms with Crippen molar-refractivity contribution in [3.8, 4) is 0 Å². The van der Waals surface area contributed by atoms with Crippen molar-refractivity contribution in [3.63, 3.8) is 0 Å². The maximum atomic E-state index is 11.1. The SMILES string of the molecule is CCCCCCCCCCCCN(CC)CCC(=O)OC. The van der Waals surface area contributed by atoms with E-state index in [1.807, 2.05) is 0 Å². The monoisotopic (exact) mass is 299 g/mol. The average Bonchev–Trinajstić information content (AvgIpc) is 2.51. The molecule has 0 radical (unpaired) electrons. The zero-order chi connectivity index (χ0) is 15.8. The van der Waals surface area contributed by atoms with Crippen molar-refractivity contribution < 1.29 is 9.53 Å². The molecule has 0 saturated heterocycles. The quantitative estimate of drug-likeness (QED) is 0.321. The average molecular weight is 299 g/mol. The molecule has 0 spiro atoms. The van der Waals surface area contributed by atoms with Crippen molar-refractivity contribution in [3.05, 3.63) is 0 Å². The third-order valence-electron chi connectivity index (χ3n) is 4.13. The van der Waals surface area contributed by atoms with Crippen LogP contribution in [0.5, 0.6) is 0 Å². The van der Waals surface area contributed by atoms with Gasteiger partial charge in [-0.2, -0.15) is 0 Å². The van der Waals surface area contributed by atoms with Crippen LogP contribution in [0.3, 0.4) is 0 Å². The lowest BCUT2D eigenvalue weighted by Gasteiger charge is -2.19. The molecule has 0 bridgehead atoms. The molecule has 0 aromatic heterocycles. The minimum atomic E-state index is -0.100. The smallest absolute Gasteiger partial charge is 0.306 e. The molecule has 0 aliphatic heterocycles. The molecule has 3 heteroatoms. The fourth-order valence-electron chi connectivity index (χ4n) is 2.60. The number of methoxy groups -OCH3 is 1. The normalized spacial score (nSPS) is 11.0. The molecule has 0 fully saturated rings. The van der Waals surface area contributed by atoms with E-state index in [2.05, 4.69) is 23.5 Å². The molecule has 0 aliphatic rings. The fourth-order valence-corrected chi connectivity index (χ4v) is 2.60. The van der Waals surface area contributed by atoms with E-state index in [4.69, 9.17) is 0 Å². The highest BCUT2D eigenvalue weighted by molar-refractivity contribution is 5.69. The molecule has 0 rings (SSSR count). The maximum absolute atomic E-state index is 11.1. The van der Waals surface area contributed by atoms with Crippen molar-refractivity contribution in [1.29, 1.82) is 0 Å². The number of esters is 1. The van der Waals surface area contributed by atoms with Crippen LogP contribution < -0.4 is 0 Å². The van der Waals surface area contributed by atoms with Crippen LogP contribution in [0.25, 0.3) is 0 Å². The molecule has 0 aromatic rings. The summed E-state index contributed by atoms with van der Waals surface area (Å²) in [6.45, 7) is 7.40. The molecule has 0 heterocycles. The Morgan fingerprint density at radius 1 is 0.810 bits per heavy atom. The van der Waals surface area contributed by atoms with Gasteiger partial charge in [-0.15, -0.1) is 0 Å². The van der Waals surface area contributed by atoms with Gasteiger partial charge >= 0.3 is 5.97 Å². The zero-order valence-corrected chi connectivity index (χ0v) is 14.7. The van der Waals surface area contributed by atoms with Crippen molar-refractivity contribution >= 4 is 5.97 Å². The molecule has 0 aromatic carbocycles. The zero-order valence-electron chi connectivity index (χ0n) is 14.7. The topological polar surface area (TPSA) is 29.5 Å². The summed E-state index contributed by atoms with van der Waals surface area (Å²) in [6, 6.07) is 0. The Kier molecular flexibility index (Phi) is 15.4. The van der Waals surface area contributed by atoms with Gasteiger partial charge in [0.1, 0.15) is 0 Å². The van der Waals surface area contributed by atoms with Crippen LogP contribution >= 0.6 is 0 Å². The summed E-state index contributed by atoms with van der Waals surface area (Å²) < 4.78 is 4.68. The van der Waals surface area contributed by atoms with E-state index in [9.17, 15) is 4.79 Å². The van der Waals surface area contributed by atoms with Crippen molar-refractivity contribution in [2.45, 2.75) is 84.5 Å². The highest BCUT2D eigenvalue weighted by Crippen LogP contribution is 2.10. The Morgan fingerprint density at radius 3 is 1.81 bits per heavy atom. The molecule has 21 heavy (non-hydrogen) atoms. The second-order valence-corrected chi connectivity index (χ2v) is 5.94. The number of hydrogen-bond acceptors (Lipinski definition) is 3. The van der Waals surface area contributed by atoms with Crippen LogP contribution in [0.15, 0.2) is 0 Å². The van der Waals surface area contributed by atoms with E-state index in [0.717, 1.165) is 19.6 Å². The van der Waals surface area contributed by atoms with E-state index in [0.29, 0.717) is 6.42 Å². The first kappa shape index (κ1) is 20.4. The summed E-state index contributed by atoms with van der Waals surface area (Å²) in [5.74, 6) is -0.100. The lowest BCUT2D eigenvalue weighted by Crippen LogP contribution is -2.27. The van der Waals surface area contributed by atoms with E-state index in [-0.39, 0.29) is 5.97 Å². The molecule has 0 atom stereocenters. The number of carbonyl (C=O) groups excluding carboxylic acids is 1. The Bertz CT molecular complexity index is 231. The fraction of sp³-hybridized carbons (Fsp3) is 0.944. The molecule has 0 saturated carbocycles. The predicted octanol–water partition coefficient (Wildman–Crippen LogP) is 4.79. The summed E-state index contributed by atoms with van der Waals surface area (Å²) in [4.78, 5) is 13.5. The highest BCUT2D eigenvalue weighted by Gasteiger charge is 2.06. The van der Waals surface area contributed by atoms with E-state index >= 15 is 0 Å². The number of ether oxygens (including phenoxy) is 1. The number of carbonyl (C=O) groups is 1. The number of nitrogens with zero attached hydrogens (tertiary/aromatic N) is 1. The third kappa shape index (κ3) is 14.1. The Labute approximate surface area is 132 Å². The van der Waals surface area contributed by atoms with Gasteiger partial charge in [-0.05, 0) is 19.5 Å². The molecule has 0 N–H and O–H groups in total. The summed E-state index contributed by atoms with van der Waals surface area (Å²) in [6.07, 6.45) is 14.2. The van der Waals surface area contributed by atoms with Crippen LogP contribution in [0, 0.1) is 0 Å². The van der Waals surface area contributed by atoms with Gasteiger partial charge in [-0.1, -0.05) is 71.6 Å². The van der Waals surface area contributed by atoms with Gasteiger partial charge in [0, 0.05) is 6.54 Å². The molecular formula is C18H37NO2. The van der Waals surface area contributed by atoms with Crippen LogP contribution in [0.4, 0.5) is 0 Å². The maximum Gasteiger partial charge on any atom is 0.306 e. The predicted molar refractivity (Wildman–Crippen MR) is 90.6 cm³/mol. The molecule has 3 nitrogen and oxygen atoms in total. The second kappa shape index (κ2) is 15.8. The second-order valence-electron chi connectivity index (χ2n) is 5.94. The molecule has 0 amide bonds. The standard InChI is InChI=1S/C18H37NO2/c1-4-6-7-8-9-10-11-12-13-14-16-19(5-2)17-15-18(20)21-3/h4-17H2,1-3H3. The lowest BCUT2D eigenvalue weighted by atomic mass is 10.1. The van der Waals surface area contributed by atoms with Crippen LogP contribution in [0.2, 0.25) is 0 Å². The highest BCUT2D eigenvalue weighted by atomic mass is 16.5. The lowest BCUT2D eigenvalue weighted by molar-refractivity contribution is -0.140. The number of hydrogen-bond donors (Lipinski definition) is 0. The molecule has 0 aliphatic carbocycles. The van der Waals surface area contributed by atoms with Gasteiger partial charge in [0.25, 0.3) is 0 Å². The van der Waals surface area contributed by atoms with Crippen LogP contribution in [0.1, 0.15) is 84.5 Å².